The minimum absolute atomic E-state index is 0.0579. The molecule has 0 bridgehead atoms. The lowest BCUT2D eigenvalue weighted by Gasteiger charge is -2.38. The maximum atomic E-state index is 9.93. The Morgan fingerprint density at radius 2 is 1.85 bits per heavy atom. The molecule has 1 N–H and O–H groups in total. The molecule has 0 spiro atoms. The van der Waals surface area contributed by atoms with Crippen molar-refractivity contribution in [3.05, 3.63) is 0 Å². The second-order valence-corrected chi connectivity index (χ2v) is 5.29. The average Bonchev–Trinajstić information content (AvgIpc) is 2.06. The first kappa shape index (κ1) is 11.0. The van der Waals surface area contributed by atoms with Crippen LogP contribution >= 0.6 is 0 Å². The van der Waals surface area contributed by atoms with Crippen LogP contribution in [0.3, 0.4) is 0 Å². The fraction of sp³-hybridized carbons (Fsp3) is 1.00. The Hall–Kier alpha value is -0.0400. The lowest BCUT2D eigenvalue weighted by atomic mass is 9.71. The van der Waals surface area contributed by atoms with E-state index in [0.717, 1.165) is 11.8 Å². The quantitative estimate of drug-likeness (QED) is 0.699. The maximum absolute atomic E-state index is 9.93. The van der Waals surface area contributed by atoms with E-state index in [1.54, 1.807) is 0 Å². The zero-order chi connectivity index (χ0) is 10.0. The van der Waals surface area contributed by atoms with Crippen molar-refractivity contribution in [3.63, 3.8) is 0 Å². The molecule has 0 aliphatic heterocycles. The number of aliphatic hydroxyl groups is 1. The fourth-order valence-corrected chi connectivity index (χ4v) is 2.65. The monoisotopic (exact) mass is 184 g/mol. The summed E-state index contributed by atoms with van der Waals surface area (Å²) in [5.74, 6) is 2.55. The van der Waals surface area contributed by atoms with Crippen LogP contribution in [-0.4, -0.2) is 11.2 Å². The third-order valence-electron chi connectivity index (χ3n) is 3.63. The van der Waals surface area contributed by atoms with E-state index < -0.39 is 0 Å². The fourth-order valence-electron chi connectivity index (χ4n) is 2.65. The number of aliphatic hydroxyl groups excluding tert-OH is 1. The van der Waals surface area contributed by atoms with Crippen LogP contribution in [0.1, 0.15) is 47.0 Å². The summed E-state index contributed by atoms with van der Waals surface area (Å²) >= 11 is 0. The Morgan fingerprint density at radius 1 is 1.23 bits per heavy atom. The molecule has 0 aromatic rings. The third kappa shape index (κ3) is 2.70. The zero-order valence-corrected chi connectivity index (χ0v) is 9.46. The van der Waals surface area contributed by atoms with Gasteiger partial charge in [-0.3, -0.25) is 0 Å². The van der Waals surface area contributed by atoms with E-state index in [1.165, 1.54) is 19.3 Å². The molecular weight excluding hydrogens is 160 g/mol. The van der Waals surface area contributed by atoms with Crippen molar-refractivity contribution >= 4 is 0 Å². The zero-order valence-electron chi connectivity index (χ0n) is 9.46. The molecule has 1 aliphatic rings. The molecule has 78 valence electrons. The van der Waals surface area contributed by atoms with E-state index in [2.05, 4.69) is 27.7 Å². The van der Waals surface area contributed by atoms with E-state index in [-0.39, 0.29) is 6.10 Å². The smallest absolute Gasteiger partial charge is 0.0593 e. The van der Waals surface area contributed by atoms with E-state index >= 15 is 0 Å². The molecular formula is C12H24O. The van der Waals surface area contributed by atoms with Crippen molar-refractivity contribution in [2.24, 2.45) is 23.7 Å². The lowest BCUT2D eigenvalue weighted by molar-refractivity contribution is -0.00469. The lowest BCUT2D eigenvalue weighted by Crippen LogP contribution is -2.36. The average molecular weight is 184 g/mol. The van der Waals surface area contributed by atoms with Gasteiger partial charge in [-0.25, -0.2) is 0 Å². The Bertz CT molecular complexity index is 153. The number of rotatable bonds is 2. The Kier molecular flexibility index (Phi) is 3.78. The SMILES string of the molecule is CC(C)CC1CCC(C)C(O)C1C. The van der Waals surface area contributed by atoms with Gasteiger partial charge in [0.15, 0.2) is 0 Å². The normalized spacial score (nSPS) is 41.1. The van der Waals surface area contributed by atoms with Crippen molar-refractivity contribution in [2.75, 3.05) is 0 Å². The highest BCUT2D eigenvalue weighted by Gasteiger charge is 2.33. The Labute approximate surface area is 82.5 Å². The van der Waals surface area contributed by atoms with Gasteiger partial charge in [-0.05, 0) is 42.9 Å². The third-order valence-corrected chi connectivity index (χ3v) is 3.63. The summed E-state index contributed by atoms with van der Waals surface area (Å²) in [4.78, 5) is 0. The van der Waals surface area contributed by atoms with Crippen LogP contribution in [0, 0.1) is 23.7 Å². The van der Waals surface area contributed by atoms with Crippen molar-refractivity contribution in [1.29, 1.82) is 0 Å². The molecule has 1 nitrogen and oxygen atoms in total. The Balaban J connectivity index is 2.48. The largest absolute Gasteiger partial charge is 0.393 e. The van der Waals surface area contributed by atoms with E-state index in [0.29, 0.717) is 11.8 Å². The van der Waals surface area contributed by atoms with Crippen LogP contribution in [-0.2, 0) is 0 Å². The molecule has 0 aromatic carbocycles. The van der Waals surface area contributed by atoms with Gasteiger partial charge in [0.1, 0.15) is 0 Å². The minimum Gasteiger partial charge on any atom is -0.393 e. The molecule has 1 aliphatic carbocycles. The first-order valence-electron chi connectivity index (χ1n) is 5.70. The van der Waals surface area contributed by atoms with Crippen LogP contribution in [0.15, 0.2) is 0 Å². The topological polar surface area (TPSA) is 20.2 Å². The second kappa shape index (κ2) is 4.45. The van der Waals surface area contributed by atoms with Gasteiger partial charge in [-0.1, -0.05) is 27.7 Å². The Morgan fingerprint density at radius 3 is 2.38 bits per heavy atom. The predicted octanol–water partition coefficient (Wildman–Crippen LogP) is 3.08. The van der Waals surface area contributed by atoms with Crippen LogP contribution < -0.4 is 0 Å². The summed E-state index contributed by atoms with van der Waals surface area (Å²) in [6.45, 7) is 8.94. The van der Waals surface area contributed by atoms with Crippen LogP contribution in [0.4, 0.5) is 0 Å². The molecule has 4 atom stereocenters. The second-order valence-electron chi connectivity index (χ2n) is 5.29. The molecule has 1 fully saturated rings. The van der Waals surface area contributed by atoms with Crippen molar-refractivity contribution in [1.82, 2.24) is 0 Å². The summed E-state index contributed by atoms with van der Waals surface area (Å²) in [5.41, 5.74) is 0. The highest BCUT2D eigenvalue weighted by Crippen LogP contribution is 2.37. The van der Waals surface area contributed by atoms with Gasteiger partial charge in [-0.2, -0.15) is 0 Å². The van der Waals surface area contributed by atoms with Crippen LogP contribution in [0.25, 0.3) is 0 Å². The van der Waals surface area contributed by atoms with Gasteiger partial charge in [0.2, 0.25) is 0 Å². The molecule has 1 heteroatoms. The number of hydrogen-bond acceptors (Lipinski definition) is 1. The first-order valence-corrected chi connectivity index (χ1v) is 5.70. The van der Waals surface area contributed by atoms with Crippen LogP contribution in [0.5, 0.6) is 0 Å². The number of hydrogen-bond donors (Lipinski definition) is 1. The van der Waals surface area contributed by atoms with Crippen LogP contribution in [0.2, 0.25) is 0 Å². The maximum Gasteiger partial charge on any atom is 0.0593 e. The van der Waals surface area contributed by atoms with Gasteiger partial charge in [0.05, 0.1) is 6.10 Å². The summed E-state index contributed by atoms with van der Waals surface area (Å²) in [6.07, 6.45) is 3.75. The van der Waals surface area contributed by atoms with Crippen molar-refractivity contribution in [3.8, 4) is 0 Å². The summed E-state index contributed by atoms with van der Waals surface area (Å²) in [6, 6.07) is 0. The standard InChI is InChI=1S/C12H24O/c1-8(2)7-11-6-5-9(3)12(13)10(11)4/h8-13H,5-7H2,1-4H3. The molecule has 1 rings (SSSR count). The molecule has 0 heterocycles. The van der Waals surface area contributed by atoms with E-state index in [9.17, 15) is 5.11 Å². The molecule has 0 radical (unpaired) electrons. The highest BCUT2D eigenvalue weighted by molar-refractivity contribution is 4.83. The molecule has 1 saturated carbocycles. The summed E-state index contributed by atoms with van der Waals surface area (Å²) in [5, 5.41) is 9.93. The summed E-state index contributed by atoms with van der Waals surface area (Å²) < 4.78 is 0. The van der Waals surface area contributed by atoms with Crippen molar-refractivity contribution in [2.45, 2.75) is 53.1 Å². The highest BCUT2D eigenvalue weighted by atomic mass is 16.3. The molecule has 0 aromatic heterocycles. The molecule has 0 amide bonds. The summed E-state index contributed by atoms with van der Waals surface area (Å²) in [7, 11) is 0. The van der Waals surface area contributed by atoms with Gasteiger partial charge in [0, 0.05) is 0 Å². The molecule has 4 unspecified atom stereocenters. The molecule has 0 saturated heterocycles. The van der Waals surface area contributed by atoms with Gasteiger partial charge < -0.3 is 5.11 Å². The van der Waals surface area contributed by atoms with Gasteiger partial charge >= 0.3 is 0 Å². The van der Waals surface area contributed by atoms with Crippen molar-refractivity contribution < 1.29 is 5.11 Å². The minimum atomic E-state index is -0.0579. The molecule has 13 heavy (non-hydrogen) atoms. The van der Waals surface area contributed by atoms with E-state index in [4.69, 9.17) is 0 Å². The van der Waals surface area contributed by atoms with Gasteiger partial charge in [0.25, 0.3) is 0 Å². The first-order chi connectivity index (χ1) is 6.02. The van der Waals surface area contributed by atoms with E-state index in [1.807, 2.05) is 0 Å². The predicted molar refractivity (Wildman–Crippen MR) is 56.5 cm³/mol. The van der Waals surface area contributed by atoms with Gasteiger partial charge in [-0.15, -0.1) is 0 Å².